The SMILES string of the molecule is Cn1cc([C@H]2OCC[C@@H]2CNCC2(O)CCCCC2)cn1. The van der Waals surface area contributed by atoms with Crippen LogP contribution < -0.4 is 5.32 Å². The van der Waals surface area contributed by atoms with Gasteiger partial charge in [0.25, 0.3) is 0 Å². The molecule has 1 aromatic rings. The minimum absolute atomic E-state index is 0.146. The lowest BCUT2D eigenvalue weighted by atomic mass is 9.84. The monoisotopic (exact) mass is 293 g/mol. The predicted octanol–water partition coefficient (Wildman–Crippen LogP) is 1.78. The van der Waals surface area contributed by atoms with Crippen LogP contribution in [0.3, 0.4) is 0 Å². The largest absolute Gasteiger partial charge is 0.389 e. The Morgan fingerprint density at radius 1 is 1.43 bits per heavy atom. The molecule has 0 bridgehead atoms. The van der Waals surface area contributed by atoms with Crippen molar-refractivity contribution in [1.29, 1.82) is 0 Å². The van der Waals surface area contributed by atoms with Gasteiger partial charge in [0, 0.05) is 44.4 Å². The minimum atomic E-state index is -0.485. The second-order valence-electron chi connectivity index (χ2n) is 6.70. The highest BCUT2D eigenvalue weighted by Gasteiger charge is 2.32. The van der Waals surface area contributed by atoms with E-state index in [1.165, 1.54) is 6.42 Å². The van der Waals surface area contributed by atoms with E-state index in [9.17, 15) is 5.11 Å². The molecule has 2 N–H and O–H groups in total. The molecule has 1 saturated heterocycles. The Kier molecular flexibility index (Phi) is 4.62. The maximum atomic E-state index is 10.5. The van der Waals surface area contributed by atoms with Crippen molar-refractivity contribution in [1.82, 2.24) is 15.1 Å². The highest BCUT2D eigenvalue weighted by molar-refractivity contribution is 5.11. The van der Waals surface area contributed by atoms with Gasteiger partial charge < -0.3 is 15.2 Å². The van der Waals surface area contributed by atoms with Gasteiger partial charge >= 0.3 is 0 Å². The van der Waals surface area contributed by atoms with Crippen LogP contribution in [-0.2, 0) is 11.8 Å². The summed E-state index contributed by atoms with van der Waals surface area (Å²) in [6.07, 6.45) is 10.6. The fraction of sp³-hybridized carbons (Fsp3) is 0.812. The van der Waals surface area contributed by atoms with E-state index in [2.05, 4.69) is 10.4 Å². The van der Waals surface area contributed by atoms with Gasteiger partial charge in [-0.2, -0.15) is 5.10 Å². The van der Waals surface area contributed by atoms with Crippen molar-refractivity contribution in [3.8, 4) is 0 Å². The molecule has 2 atom stereocenters. The molecule has 5 nitrogen and oxygen atoms in total. The van der Waals surface area contributed by atoms with Crippen LogP contribution in [0.15, 0.2) is 12.4 Å². The molecule has 0 unspecified atom stereocenters. The van der Waals surface area contributed by atoms with Gasteiger partial charge in [-0.25, -0.2) is 0 Å². The van der Waals surface area contributed by atoms with Crippen LogP contribution in [0.25, 0.3) is 0 Å². The van der Waals surface area contributed by atoms with Gasteiger partial charge in [-0.3, -0.25) is 4.68 Å². The molecule has 2 aliphatic rings. The van der Waals surface area contributed by atoms with Gasteiger partial charge in [-0.15, -0.1) is 0 Å². The third kappa shape index (κ3) is 3.65. The summed E-state index contributed by atoms with van der Waals surface area (Å²) in [6, 6.07) is 0. The Morgan fingerprint density at radius 2 is 2.24 bits per heavy atom. The molecule has 2 fully saturated rings. The van der Waals surface area contributed by atoms with Crippen LogP contribution in [0.4, 0.5) is 0 Å². The molecular formula is C16H27N3O2. The van der Waals surface area contributed by atoms with Gasteiger partial charge in [-0.05, 0) is 19.3 Å². The Balaban J connectivity index is 1.50. The molecule has 0 amide bonds. The lowest BCUT2D eigenvalue weighted by Crippen LogP contribution is -2.43. The number of nitrogens with zero attached hydrogens (tertiary/aromatic N) is 2. The fourth-order valence-corrected chi connectivity index (χ4v) is 3.68. The third-order valence-electron chi connectivity index (χ3n) is 4.91. The summed E-state index contributed by atoms with van der Waals surface area (Å²) in [5.74, 6) is 0.474. The molecule has 0 radical (unpaired) electrons. The molecule has 0 aromatic carbocycles. The van der Waals surface area contributed by atoms with E-state index in [4.69, 9.17) is 4.74 Å². The first kappa shape index (κ1) is 15.0. The smallest absolute Gasteiger partial charge is 0.0896 e. The molecule has 1 aliphatic carbocycles. The molecule has 2 heterocycles. The molecule has 1 aromatic heterocycles. The summed E-state index contributed by atoms with van der Waals surface area (Å²) < 4.78 is 7.70. The molecule has 118 valence electrons. The second-order valence-corrected chi connectivity index (χ2v) is 6.70. The number of aliphatic hydroxyl groups is 1. The van der Waals surface area contributed by atoms with Crippen molar-refractivity contribution in [2.24, 2.45) is 13.0 Å². The van der Waals surface area contributed by atoms with E-state index < -0.39 is 5.60 Å². The highest BCUT2D eigenvalue weighted by Crippen LogP contribution is 2.34. The summed E-state index contributed by atoms with van der Waals surface area (Å²) in [7, 11) is 1.93. The van der Waals surface area contributed by atoms with Crippen molar-refractivity contribution in [2.45, 2.75) is 50.2 Å². The topological polar surface area (TPSA) is 59.3 Å². The molecule has 1 saturated carbocycles. The van der Waals surface area contributed by atoms with Crippen molar-refractivity contribution >= 4 is 0 Å². The molecule has 1 aliphatic heterocycles. The maximum Gasteiger partial charge on any atom is 0.0896 e. The number of rotatable bonds is 5. The van der Waals surface area contributed by atoms with E-state index >= 15 is 0 Å². The molecule has 5 heteroatoms. The van der Waals surface area contributed by atoms with E-state index in [0.717, 1.165) is 50.8 Å². The van der Waals surface area contributed by atoms with E-state index in [-0.39, 0.29) is 6.10 Å². The molecule has 21 heavy (non-hydrogen) atoms. The standard InChI is InChI=1S/C16H27N3O2/c1-19-11-14(10-18-19)15-13(5-8-21-15)9-17-12-16(20)6-3-2-4-7-16/h10-11,13,15,17,20H,2-9,12H2,1H3/t13-,15+/m1/s1. The van der Waals surface area contributed by atoms with Crippen LogP contribution in [0.5, 0.6) is 0 Å². The van der Waals surface area contributed by atoms with Crippen molar-refractivity contribution in [3.63, 3.8) is 0 Å². The average molecular weight is 293 g/mol. The Labute approximate surface area is 126 Å². The number of hydrogen-bond donors (Lipinski definition) is 2. The van der Waals surface area contributed by atoms with E-state index in [1.807, 2.05) is 24.1 Å². The number of aromatic nitrogens is 2. The van der Waals surface area contributed by atoms with Crippen molar-refractivity contribution in [3.05, 3.63) is 18.0 Å². The predicted molar refractivity (Wildman–Crippen MR) is 80.9 cm³/mol. The van der Waals surface area contributed by atoms with Crippen LogP contribution >= 0.6 is 0 Å². The Bertz CT molecular complexity index is 454. The van der Waals surface area contributed by atoms with Gasteiger partial charge in [0.2, 0.25) is 0 Å². The van der Waals surface area contributed by atoms with E-state index in [1.54, 1.807) is 0 Å². The van der Waals surface area contributed by atoms with Gasteiger partial charge in [-0.1, -0.05) is 19.3 Å². The number of nitrogens with one attached hydrogen (secondary N) is 1. The summed E-state index contributed by atoms with van der Waals surface area (Å²) in [6.45, 7) is 2.43. The maximum absolute atomic E-state index is 10.5. The lowest BCUT2D eigenvalue weighted by molar-refractivity contribution is 0.00325. The summed E-state index contributed by atoms with van der Waals surface area (Å²) in [5.41, 5.74) is 0.680. The first-order valence-electron chi connectivity index (χ1n) is 8.20. The van der Waals surface area contributed by atoms with Gasteiger partial charge in [0.15, 0.2) is 0 Å². The van der Waals surface area contributed by atoms with Crippen LogP contribution in [0.1, 0.15) is 50.2 Å². The molecule has 3 rings (SSSR count). The summed E-state index contributed by atoms with van der Waals surface area (Å²) in [4.78, 5) is 0. The van der Waals surface area contributed by atoms with Gasteiger partial charge in [0.1, 0.15) is 0 Å². The first-order chi connectivity index (χ1) is 10.2. The summed E-state index contributed by atoms with van der Waals surface area (Å²) in [5, 5.41) is 18.2. The van der Waals surface area contributed by atoms with Crippen LogP contribution in [0, 0.1) is 5.92 Å². The minimum Gasteiger partial charge on any atom is -0.389 e. The zero-order valence-corrected chi connectivity index (χ0v) is 12.9. The van der Waals surface area contributed by atoms with Crippen molar-refractivity contribution < 1.29 is 9.84 Å². The van der Waals surface area contributed by atoms with Crippen molar-refractivity contribution in [2.75, 3.05) is 19.7 Å². The first-order valence-corrected chi connectivity index (χ1v) is 8.20. The average Bonchev–Trinajstić information content (AvgIpc) is 3.08. The third-order valence-corrected chi connectivity index (χ3v) is 4.91. The second kappa shape index (κ2) is 6.46. The quantitative estimate of drug-likeness (QED) is 0.869. The lowest BCUT2D eigenvalue weighted by Gasteiger charge is -2.32. The zero-order chi connectivity index (χ0) is 14.7. The number of hydrogen-bond acceptors (Lipinski definition) is 4. The van der Waals surface area contributed by atoms with Crippen LogP contribution in [0.2, 0.25) is 0 Å². The number of ether oxygens (including phenoxy) is 1. The van der Waals surface area contributed by atoms with Crippen LogP contribution in [-0.4, -0.2) is 40.2 Å². The number of aryl methyl sites for hydroxylation is 1. The Morgan fingerprint density at radius 3 is 2.95 bits per heavy atom. The van der Waals surface area contributed by atoms with Gasteiger partial charge in [0.05, 0.1) is 17.9 Å². The highest BCUT2D eigenvalue weighted by atomic mass is 16.5. The molecule has 0 spiro atoms. The van der Waals surface area contributed by atoms with E-state index in [0.29, 0.717) is 12.5 Å². The fourth-order valence-electron chi connectivity index (χ4n) is 3.68. The normalized spacial score (nSPS) is 28.9. The Hall–Kier alpha value is -0.910. The molecular weight excluding hydrogens is 266 g/mol. The summed E-state index contributed by atoms with van der Waals surface area (Å²) >= 11 is 0. The zero-order valence-electron chi connectivity index (χ0n) is 12.9.